The largest absolute Gasteiger partial charge is 0.452 e. The topological polar surface area (TPSA) is 98.5 Å². The molecule has 0 aliphatic rings. The number of hydrogen-bond donors (Lipinski definition) is 1. The number of anilines is 1. The number of ether oxygens (including phenoxy) is 1. The summed E-state index contributed by atoms with van der Waals surface area (Å²) in [6.45, 7) is 1.43. The van der Waals surface area contributed by atoms with E-state index in [-0.39, 0.29) is 22.2 Å². The summed E-state index contributed by atoms with van der Waals surface area (Å²) in [5.41, 5.74) is 0.00855. The average molecular weight is 395 g/mol. The molecule has 0 spiro atoms. The normalized spacial score (nSPS) is 11.5. The first-order chi connectivity index (χ1) is 12.4. The summed E-state index contributed by atoms with van der Waals surface area (Å²) in [6.07, 6.45) is -1.04. The van der Waals surface area contributed by atoms with Gasteiger partial charge in [0.05, 0.1) is 21.4 Å². The first kappa shape index (κ1) is 19.7. The van der Waals surface area contributed by atoms with Crippen LogP contribution in [0.2, 0.25) is 5.02 Å². The number of nitro groups is 1. The molecule has 0 aromatic heterocycles. The van der Waals surface area contributed by atoms with Gasteiger partial charge in [0.25, 0.3) is 11.6 Å². The van der Waals surface area contributed by atoms with Gasteiger partial charge in [0.2, 0.25) is 0 Å². The number of amides is 1. The van der Waals surface area contributed by atoms with Gasteiger partial charge in [-0.1, -0.05) is 29.8 Å². The molecule has 1 atom stereocenters. The number of nitro benzene ring substituents is 1. The van der Waals surface area contributed by atoms with E-state index in [1.165, 1.54) is 30.8 Å². The molecule has 0 saturated heterocycles. The fourth-order valence-corrected chi connectivity index (χ4v) is 2.82. The molecular weight excluding hydrogens is 380 g/mol. The standard InChI is InChI=1S/C17H15ClN2O5S/c1-11(25-16(21)10-26-13-5-3-2-4-6-13)17(22)19-15-8-7-12(20(23)24)9-14(15)18/h2-9,11H,10H2,1H3,(H,19,22). The van der Waals surface area contributed by atoms with E-state index in [0.29, 0.717) is 0 Å². The molecule has 9 heteroatoms. The zero-order valence-corrected chi connectivity index (χ0v) is 15.3. The smallest absolute Gasteiger partial charge is 0.317 e. The van der Waals surface area contributed by atoms with E-state index in [4.69, 9.17) is 16.3 Å². The fraction of sp³-hybridized carbons (Fsp3) is 0.176. The highest BCUT2D eigenvalue weighted by molar-refractivity contribution is 8.00. The first-order valence-corrected chi connectivity index (χ1v) is 8.85. The van der Waals surface area contributed by atoms with Gasteiger partial charge in [-0.3, -0.25) is 19.7 Å². The maximum Gasteiger partial charge on any atom is 0.317 e. The third kappa shape index (κ3) is 5.75. The van der Waals surface area contributed by atoms with Crippen LogP contribution in [-0.4, -0.2) is 28.7 Å². The van der Waals surface area contributed by atoms with Crippen molar-refractivity contribution in [2.75, 3.05) is 11.1 Å². The maximum atomic E-state index is 12.1. The van der Waals surface area contributed by atoms with Gasteiger partial charge < -0.3 is 10.1 Å². The highest BCUT2D eigenvalue weighted by atomic mass is 35.5. The van der Waals surface area contributed by atoms with Crippen LogP contribution in [0, 0.1) is 10.1 Å². The molecule has 7 nitrogen and oxygen atoms in total. The van der Waals surface area contributed by atoms with Crippen LogP contribution in [0.3, 0.4) is 0 Å². The predicted octanol–water partition coefficient (Wildman–Crippen LogP) is 3.91. The van der Waals surface area contributed by atoms with Gasteiger partial charge in [0, 0.05) is 17.0 Å². The van der Waals surface area contributed by atoms with Crippen molar-refractivity contribution in [3.8, 4) is 0 Å². The lowest BCUT2D eigenvalue weighted by Gasteiger charge is -2.14. The molecule has 136 valence electrons. The van der Waals surface area contributed by atoms with Crippen LogP contribution >= 0.6 is 23.4 Å². The van der Waals surface area contributed by atoms with Crippen LogP contribution in [0.25, 0.3) is 0 Å². The molecule has 2 rings (SSSR count). The summed E-state index contributed by atoms with van der Waals surface area (Å²) in [5, 5.41) is 13.2. The van der Waals surface area contributed by atoms with E-state index in [1.54, 1.807) is 0 Å². The minimum Gasteiger partial charge on any atom is -0.452 e. The van der Waals surface area contributed by atoms with E-state index in [0.717, 1.165) is 11.0 Å². The van der Waals surface area contributed by atoms with Crippen LogP contribution in [0.4, 0.5) is 11.4 Å². The van der Waals surface area contributed by atoms with Crippen LogP contribution in [0.1, 0.15) is 6.92 Å². The van der Waals surface area contributed by atoms with E-state index in [2.05, 4.69) is 5.32 Å². The van der Waals surface area contributed by atoms with Gasteiger partial charge in [-0.25, -0.2) is 0 Å². The number of rotatable bonds is 7. The summed E-state index contributed by atoms with van der Waals surface area (Å²) in [4.78, 5) is 35.0. The van der Waals surface area contributed by atoms with Gasteiger partial charge in [-0.2, -0.15) is 0 Å². The SMILES string of the molecule is CC(OC(=O)CSc1ccccc1)C(=O)Nc1ccc([N+](=O)[O-])cc1Cl. The summed E-state index contributed by atoms with van der Waals surface area (Å²) in [7, 11) is 0. The highest BCUT2D eigenvalue weighted by Crippen LogP contribution is 2.26. The Morgan fingerprint density at radius 1 is 1.27 bits per heavy atom. The minimum atomic E-state index is -1.04. The maximum absolute atomic E-state index is 12.1. The first-order valence-electron chi connectivity index (χ1n) is 7.49. The number of carbonyl (C=O) groups excluding carboxylic acids is 2. The second-order valence-corrected chi connectivity index (χ2v) is 6.60. The summed E-state index contributed by atoms with van der Waals surface area (Å²) in [6, 6.07) is 13.0. The van der Waals surface area contributed by atoms with Crippen LogP contribution in [0.15, 0.2) is 53.4 Å². The predicted molar refractivity (Wildman–Crippen MR) is 99.5 cm³/mol. The molecule has 2 aromatic carbocycles. The number of carbonyl (C=O) groups is 2. The number of non-ortho nitro benzene ring substituents is 1. The number of nitrogens with zero attached hydrogens (tertiary/aromatic N) is 1. The van der Waals surface area contributed by atoms with Crippen molar-refractivity contribution < 1.29 is 19.2 Å². The second-order valence-electron chi connectivity index (χ2n) is 5.14. The Labute approximate surface area is 158 Å². The Morgan fingerprint density at radius 3 is 2.58 bits per heavy atom. The quantitative estimate of drug-likeness (QED) is 0.331. The molecule has 2 aromatic rings. The number of esters is 1. The number of nitrogens with one attached hydrogen (secondary N) is 1. The fourth-order valence-electron chi connectivity index (χ4n) is 1.90. The van der Waals surface area contributed by atoms with Crippen molar-refractivity contribution in [2.24, 2.45) is 0 Å². The van der Waals surface area contributed by atoms with Gasteiger partial charge in [-0.05, 0) is 25.1 Å². The zero-order chi connectivity index (χ0) is 19.1. The molecule has 26 heavy (non-hydrogen) atoms. The summed E-state index contributed by atoms with van der Waals surface area (Å²) in [5.74, 6) is -1.05. The molecule has 1 N–H and O–H groups in total. The number of benzene rings is 2. The van der Waals surface area contributed by atoms with E-state index in [1.807, 2.05) is 30.3 Å². The van der Waals surface area contributed by atoms with Crippen LogP contribution < -0.4 is 5.32 Å². The molecule has 1 amide bonds. The van der Waals surface area contributed by atoms with Crippen molar-refractivity contribution in [1.82, 2.24) is 0 Å². The number of halogens is 1. The van der Waals surface area contributed by atoms with E-state index >= 15 is 0 Å². The van der Waals surface area contributed by atoms with Crippen molar-refractivity contribution in [1.29, 1.82) is 0 Å². The van der Waals surface area contributed by atoms with Gasteiger partial charge in [-0.15, -0.1) is 11.8 Å². The van der Waals surface area contributed by atoms with Gasteiger partial charge in [0.15, 0.2) is 6.10 Å². The van der Waals surface area contributed by atoms with Gasteiger partial charge in [0.1, 0.15) is 0 Å². The zero-order valence-electron chi connectivity index (χ0n) is 13.7. The molecule has 0 aliphatic carbocycles. The monoisotopic (exact) mass is 394 g/mol. The Hall–Kier alpha value is -2.58. The lowest BCUT2D eigenvalue weighted by molar-refractivity contribution is -0.384. The molecule has 0 saturated carbocycles. The van der Waals surface area contributed by atoms with Crippen molar-refractivity contribution >= 4 is 46.6 Å². The molecule has 0 heterocycles. The average Bonchev–Trinajstić information content (AvgIpc) is 2.62. The molecule has 0 fully saturated rings. The summed E-state index contributed by atoms with van der Waals surface area (Å²) < 4.78 is 5.08. The lowest BCUT2D eigenvalue weighted by atomic mass is 10.2. The van der Waals surface area contributed by atoms with Gasteiger partial charge >= 0.3 is 5.97 Å². The molecule has 1 unspecified atom stereocenters. The minimum absolute atomic E-state index is 0.0192. The van der Waals surface area contributed by atoms with E-state index < -0.39 is 22.9 Å². The molecular formula is C17H15ClN2O5S. The van der Waals surface area contributed by atoms with E-state index in [9.17, 15) is 19.7 Å². The van der Waals surface area contributed by atoms with Crippen LogP contribution in [0.5, 0.6) is 0 Å². The lowest BCUT2D eigenvalue weighted by Crippen LogP contribution is -2.30. The van der Waals surface area contributed by atoms with Crippen molar-refractivity contribution in [3.05, 3.63) is 63.7 Å². The third-order valence-electron chi connectivity index (χ3n) is 3.20. The Bertz CT molecular complexity index is 816. The van der Waals surface area contributed by atoms with Crippen LogP contribution in [-0.2, 0) is 14.3 Å². The Kier molecular flexibility index (Phi) is 6.99. The number of thioether (sulfide) groups is 1. The highest BCUT2D eigenvalue weighted by Gasteiger charge is 2.19. The van der Waals surface area contributed by atoms with Crippen molar-refractivity contribution in [3.63, 3.8) is 0 Å². The second kappa shape index (κ2) is 9.21. The van der Waals surface area contributed by atoms with Crippen molar-refractivity contribution in [2.45, 2.75) is 17.9 Å². The molecule has 0 aliphatic heterocycles. The Morgan fingerprint density at radius 2 is 1.96 bits per heavy atom. The summed E-state index contributed by atoms with van der Waals surface area (Å²) >= 11 is 7.22. The number of hydrogen-bond acceptors (Lipinski definition) is 6. The molecule has 0 bridgehead atoms. The molecule has 0 radical (unpaired) electrons. The third-order valence-corrected chi connectivity index (χ3v) is 4.50. The Balaban J connectivity index is 1.87.